The molecule has 0 N–H and O–H groups in total. The van der Waals surface area contributed by atoms with Gasteiger partial charge < -0.3 is 47.4 Å². The molecule has 212 valence electrons. The maximum atomic E-state index is 6.55. The van der Waals surface area contributed by atoms with Gasteiger partial charge in [-0.15, -0.1) is 0 Å². The Morgan fingerprint density at radius 3 is 1.23 bits per heavy atom. The highest BCUT2D eigenvalue weighted by Crippen LogP contribution is 2.41. The molecule has 0 aliphatic carbocycles. The average Bonchev–Trinajstić information content (AvgIpc) is 3.00. The molecule has 0 aromatic heterocycles. The van der Waals surface area contributed by atoms with Crippen LogP contribution in [0.2, 0.25) is 0 Å². The van der Waals surface area contributed by atoms with Gasteiger partial charge in [-0.05, 0) is 41.0 Å². The van der Waals surface area contributed by atoms with E-state index in [1.54, 1.807) is 14.2 Å². The van der Waals surface area contributed by atoms with Crippen molar-refractivity contribution in [3.8, 4) is 11.5 Å². The van der Waals surface area contributed by atoms with Crippen LogP contribution < -0.4 is 9.47 Å². The molecule has 0 heterocycles. The molecule has 39 heavy (non-hydrogen) atoms. The van der Waals surface area contributed by atoms with Gasteiger partial charge in [0, 0.05) is 7.11 Å². The first-order valence-electron chi connectivity index (χ1n) is 12.2. The molecule has 0 aliphatic heterocycles. The van der Waals surface area contributed by atoms with Crippen molar-refractivity contribution in [3.05, 3.63) is 95.6 Å². The van der Waals surface area contributed by atoms with E-state index >= 15 is 0 Å². The molecule has 0 atom stereocenters. The van der Waals surface area contributed by atoms with Crippen LogP contribution in [0.1, 0.15) is 16.7 Å². The summed E-state index contributed by atoms with van der Waals surface area (Å²) in [4.78, 5) is 0. The van der Waals surface area contributed by atoms with E-state index in [1.165, 1.54) is 7.11 Å². The second kappa shape index (κ2) is 17.5. The molecule has 0 amide bonds. The molecule has 3 rings (SSSR count). The Kier molecular flexibility index (Phi) is 13.7. The standard InChI is InChI=1S/C29H36O10/c1-30-17-33-18-34-19-35-20-36-21-37-22-38-23-39-29(24-7-5-4-6-8-24,25-9-13-27(31-2)14-10-25)26-11-15-28(32-3)16-12-26/h4-16H,17-23H2,1-3H3. The van der Waals surface area contributed by atoms with Crippen molar-refractivity contribution in [1.29, 1.82) is 0 Å². The Morgan fingerprint density at radius 2 is 0.821 bits per heavy atom. The molecule has 0 aliphatic rings. The van der Waals surface area contributed by atoms with Crippen molar-refractivity contribution in [1.82, 2.24) is 0 Å². The Morgan fingerprint density at radius 1 is 0.436 bits per heavy atom. The predicted octanol–water partition coefficient (Wildman–Crippen LogP) is 4.46. The summed E-state index contributed by atoms with van der Waals surface area (Å²) in [5, 5.41) is 0. The quantitative estimate of drug-likeness (QED) is 0.115. The molecule has 0 radical (unpaired) electrons. The minimum atomic E-state index is -0.975. The zero-order valence-electron chi connectivity index (χ0n) is 22.5. The van der Waals surface area contributed by atoms with Gasteiger partial charge in [0.1, 0.15) is 23.9 Å². The fourth-order valence-corrected chi connectivity index (χ4v) is 3.79. The van der Waals surface area contributed by atoms with Crippen molar-refractivity contribution in [2.45, 2.75) is 5.60 Å². The van der Waals surface area contributed by atoms with Gasteiger partial charge in [-0.3, -0.25) is 0 Å². The minimum absolute atomic E-state index is 0.00711. The largest absolute Gasteiger partial charge is 0.497 e. The van der Waals surface area contributed by atoms with Gasteiger partial charge in [0.2, 0.25) is 0 Å². The highest BCUT2D eigenvalue weighted by molar-refractivity contribution is 5.49. The molecule has 0 fully saturated rings. The van der Waals surface area contributed by atoms with Gasteiger partial charge in [-0.25, -0.2) is 0 Å². The first-order valence-corrected chi connectivity index (χ1v) is 12.2. The number of ether oxygens (including phenoxy) is 10. The number of benzene rings is 3. The zero-order chi connectivity index (χ0) is 27.6. The van der Waals surface area contributed by atoms with Crippen LogP contribution >= 0.6 is 0 Å². The maximum Gasteiger partial charge on any atom is 0.152 e. The van der Waals surface area contributed by atoms with Crippen LogP contribution in [0.4, 0.5) is 0 Å². The number of rotatable bonds is 20. The summed E-state index contributed by atoms with van der Waals surface area (Å²) < 4.78 is 53.4. The predicted molar refractivity (Wildman–Crippen MR) is 141 cm³/mol. The normalized spacial score (nSPS) is 11.5. The van der Waals surface area contributed by atoms with E-state index in [0.717, 1.165) is 28.2 Å². The van der Waals surface area contributed by atoms with Gasteiger partial charge >= 0.3 is 0 Å². The van der Waals surface area contributed by atoms with Gasteiger partial charge in [-0.2, -0.15) is 0 Å². The second-order valence-corrected chi connectivity index (χ2v) is 7.99. The third kappa shape index (κ3) is 9.27. The summed E-state index contributed by atoms with van der Waals surface area (Å²) in [5.41, 5.74) is 1.76. The van der Waals surface area contributed by atoms with E-state index < -0.39 is 5.60 Å². The molecule has 0 saturated carbocycles. The first kappa shape index (κ1) is 30.5. The average molecular weight is 545 g/mol. The molecular formula is C29H36O10. The van der Waals surface area contributed by atoms with Crippen LogP contribution in [0.5, 0.6) is 11.5 Å². The van der Waals surface area contributed by atoms with Gasteiger partial charge in [0.05, 0.1) is 14.2 Å². The van der Waals surface area contributed by atoms with Gasteiger partial charge in [0.15, 0.2) is 40.8 Å². The van der Waals surface area contributed by atoms with Crippen LogP contribution in [0.15, 0.2) is 78.9 Å². The minimum Gasteiger partial charge on any atom is -0.497 e. The lowest BCUT2D eigenvalue weighted by atomic mass is 9.80. The van der Waals surface area contributed by atoms with Crippen LogP contribution in [0.25, 0.3) is 0 Å². The molecule has 0 unspecified atom stereocenters. The number of hydrogen-bond donors (Lipinski definition) is 0. The molecule has 10 nitrogen and oxygen atoms in total. The molecule has 0 spiro atoms. The Hall–Kier alpha value is -3.06. The highest BCUT2D eigenvalue weighted by Gasteiger charge is 2.38. The van der Waals surface area contributed by atoms with Gasteiger partial charge in [0.25, 0.3) is 0 Å². The Labute approximate surface area is 229 Å². The van der Waals surface area contributed by atoms with E-state index in [1.807, 2.05) is 78.9 Å². The Bertz CT molecular complexity index is 981. The number of methoxy groups -OCH3 is 3. The summed E-state index contributed by atoms with van der Waals surface area (Å²) >= 11 is 0. The summed E-state index contributed by atoms with van der Waals surface area (Å²) in [6, 6.07) is 25.5. The van der Waals surface area contributed by atoms with E-state index in [4.69, 9.17) is 47.4 Å². The highest BCUT2D eigenvalue weighted by atomic mass is 16.8. The lowest BCUT2D eigenvalue weighted by Gasteiger charge is -2.35. The van der Waals surface area contributed by atoms with E-state index in [9.17, 15) is 0 Å². The molecular weight excluding hydrogens is 508 g/mol. The van der Waals surface area contributed by atoms with Crippen molar-refractivity contribution in [2.24, 2.45) is 0 Å². The monoisotopic (exact) mass is 544 g/mol. The van der Waals surface area contributed by atoms with Crippen molar-refractivity contribution in [2.75, 3.05) is 68.9 Å². The lowest BCUT2D eigenvalue weighted by Crippen LogP contribution is -2.34. The summed E-state index contributed by atoms with van der Waals surface area (Å²) in [7, 11) is 4.80. The SMILES string of the molecule is COCOCOCOCOCOCOCOC(c1ccccc1)(c1ccc(OC)cc1)c1ccc(OC)cc1. The number of hydrogen-bond acceptors (Lipinski definition) is 10. The summed E-state index contributed by atoms with van der Waals surface area (Å²) in [6.45, 7) is 0.104. The van der Waals surface area contributed by atoms with Crippen molar-refractivity contribution < 1.29 is 47.4 Å². The molecule has 10 heteroatoms. The van der Waals surface area contributed by atoms with E-state index in [2.05, 4.69) is 0 Å². The fraction of sp³-hybridized carbons (Fsp3) is 0.379. The molecule has 3 aromatic rings. The fourth-order valence-electron chi connectivity index (χ4n) is 3.79. The summed E-state index contributed by atoms with van der Waals surface area (Å²) in [5.74, 6) is 1.49. The molecule has 0 bridgehead atoms. The first-order chi connectivity index (χ1) is 19.2. The lowest BCUT2D eigenvalue weighted by molar-refractivity contribution is -0.224. The van der Waals surface area contributed by atoms with Crippen LogP contribution in [-0.4, -0.2) is 68.9 Å². The Balaban J connectivity index is 1.61. The van der Waals surface area contributed by atoms with Crippen LogP contribution in [0.3, 0.4) is 0 Å². The third-order valence-electron chi connectivity index (χ3n) is 5.57. The maximum absolute atomic E-state index is 6.55. The topological polar surface area (TPSA) is 92.3 Å². The van der Waals surface area contributed by atoms with Crippen LogP contribution in [-0.2, 0) is 43.5 Å². The zero-order valence-corrected chi connectivity index (χ0v) is 22.5. The van der Waals surface area contributed by atoms with E-state index in [0.29, 0.717) is 0 Å². The van der Waals surface area contributed by atoms with Crippen molar-refractivity contribution >= 4 is 0 Å². The van der Waals surface area contributed by atoms with Crippen molar-refractivity contribution in [3.63, 3.8) is 0 Å². The van der Waals surface area contributed by atoms with Gasteiger partial charge in [-0.1, -0.05) is 54.6 Å². The molecule has 0 saturated heterocycles. The second-order valence-electron chi connectivity index (χ2n) is 7.99. The van der Waals surface area contributed by atoms with Crippen LogP contribution in [0, 0.1) is 0 Å². The molecule has 3 aromatic carbocycles. The smallest absolute Gasteiger partial charge is 0.152 e. The van der Waals surface area contributed by atoms with E-state index in [-0.39, 0.29) is 47.6 Å². The summed E-state index contributed by atoms with van der Waals surface area (Å²) in [6.07, 6.45) is 0. The third-order valence-corrected chi connectivity index (χ3v) is 5.57.